The summed E-state index contributed by atoms with van der Waals surface area (Å²) in [5.41, 5.74) is 7.85. The second-order valence-corrected chi connectivity index (χ2v) is 6.47. The van der Waals surface area contributed by atoms with Crippen LogP contribution in [0.3, 0.4) is 0 Å². The molecule has 2 rings (SSSR count). The van der Waals surface area contributed by atoms with E-state index in [0.717, 1.165) is 24.2 Å². The van der Waals surface area contributed by atoms with E-state index in [1.807, 2.05) is 36.2 Å². The molecule has 0 aromatic heterocycles. The molecule has 1 fully saturated rings. The topological polar surface area (TPSA) is 49.6 Å². The van der Waals surface area contributed by atoms with Gasteiger partial charge in [0, 0.05) is 31.2 Å². The lowest BCUT2D eigenvalue weighted by molar-refractivity contribution is -0.132. The fraction of sp³-hybridized carbons (Fsp3) is 0.588. The Hall–Kier alpha value is -1.55. The van der Waals surface area contributed by atoms with E-state index in [-0.39, 0.29) is 11.4 Å². The number of likely N-dealkylation sites (N-methyl/N-ethyl adjacent to an activating group) is 2. The van der Waals surface area contributed by atoms with Crippen LogP contribution in [-0.4, -0.2) is 48.9 Å². The first-order chi connectivity index (χ1) is 9.93. The first-order valence-electron chi connectivity index (χ1n) is 7.69. The quantitative estimate of drug-likeness (QED) is 0.816. The summed E-state index contributed by atoms with van der Waals surface area (Å²) >= 11 is 0. The number of aryl methyl sites for hydroxylation is 1. The number of rotatable bonds is 6. The Bertz CT molecular complexity index is 495. The summed E-state index contributed by atoms with van der Waals surface area (Å²) in [5, 5.41) is 0. The molecule has 1 aliphatic carbocycles. The van der Waals surface area contributed by atoms with Crippen LogP contribution in [-0.2, 0) is 11.2 Å². The number of nitrogen functional groups attached to an aromatic ring is 1. The van der Waals surface area contributed by atoms with Crippen molar-refractivity contribution in [2.24, 2.45) is 0 Å². The number of anilines is 1. The minimum Gasteiger partial charge on any atom is -0.399 e. The summed E-state index contributed by atoms with van der Waals surface area (Å²) < 4.78 is 0. The van der Waals surface area contributed by atoms with Gasteiger partial charge in [-0.3, -0.25) is 4.79 Å². The van der Waals surface area contributed by atoms with Gasteiger partial charge < -0.3 is 15.5 Å². The lowest BCUT2D eigenvalue weighted by Gasteiger charge is -2.49. The predicted octanol–water partition coefficient (Wildman–Crippen LogP) is 2.14. The van der Waals surface area contributed by atoms with Crippen LogP contribution in [0.1, 0.15) is 31.2 Å². The fourth-order valence-corrected chi connectivity index (χ4v) is 3.05. The van der Waals surface area contributed by atoms with Crippen molar-refractivity contribution in [2.45, 2.75) is 37.6 Å². The van der Waals surface area contributed by atoms with Crippen molar-refractivity contribution >= 4 is 11.6 Å². The summed E-state index contributed by atoms with van der Waals surface area (Å²) in [6.45, 7) is 0.829. The molecule has 4 nitrogen and oxygen atoms in total. The van der Waals surface area contributed by atoms with Gasteiger partial charge in [0.05, 0.1) is 0 Å². The molecule has 1 saturated carbocycles. The molecule has 0 spiro atoms. The molecular formula is C17H27N3O. The second-order valence-electron chi connectivity index (χ2n) is 6.47. The minimum absolute atomic E-state index is 0.196. The number of carbonyl (C=O) groups excluding carboxylic acids is 1. The van der Waals surface area contributed by atoms with Crippen LogP contribution in [0.15, 0.2) is 24.3 Å². The van der Waals surface area contributed by atoms with Gasteiger partial charge in [0.2, 0.25) is 5.91 Å². The maximum Gasteiger partial charge on any atom is 0.222 e. The zero-order valence-corrected chi connectivity index (χ0v) is 13.4. The number of carbonyl (C=O) groups is 1. The highest BCUT2D eigenvalue weighted by Gasteiger charge is 2.40. The Morgan fingerprint density at radius 1 is 1.29 bits per heavy atom. The Kier molecular flexibility index (Phi) is 4.88. The van der Waals surface area contributed by atoms with Gasteiger partial charge in [0.25, 0.3) is 0 Å². The van der Waals surface area contributed by atoms with E-state index in [1.54, 1.807) is 0 Å². The van der Waals surface area contributed by atoms with E-state index in [2.05, 4.69) is 19.0 Å². The number of nitrogens with zero attached hydrogens (tertiary/aromatic N) is 2. The SMILES string of the molecule is CN(CC1(N(C)C)CCC1)C(=O)CCc1cccc(N)c1. The molecule has 0 atom stereocenters. The Morgan fingerprint density at radius 3 is 2.52 bits per heavy atom. The van der Waals surface area contributed by atoms with Crippen LogP contribution in [0.4, 0.5) is 5.69 Å². The van der Waals surface area contributed by atoms with Crippen LogP contribution in [0.5, 0.6) is 0 Å². The molecular weight excluding hydrogens is 262 g/mol. The van der Waals surface area contributed by atoms with E-state index in [4.69, 9.17) is 5.73 Å². The molecule has 1 aliphatic rings. The van der Waals surface area contributed by atoms with Crippen molar-refractivity contribution in [1.29, 1.82) is 0 Å². The standard InChI is InChI=1S/C17H27N3O/c1-19(2)17(10-5-11-17)13-20(3)16(21)9-8-14-6-4-7-15(18)12-14/h4,6-7,12H,5,8-11,13,18H2,1-3H3. The zero-order chi connectivity index (χ0) is 15.5. The highest BCUT2D eigenvalue weighted by atomic mass is 16.2. The predicted molar refractivity (Wildman–Crippen MR) is 87.1 cm³/mol. The van der Waals surface area contributed by atoms with Crippen LogP contribution >= 0.6 is 0 Å². The lowest BCUT2D eigenvalue weighted by Crippen LogP contribution is -2.57. The van der Waals surface area contributed by atoms with Crippen molar-refractivity contribution < 1.29 is 4.79 Å². The summed E-state index contributed by atoms with van der Waals surface area (Å²) in [6.07, 6.45) is 4.94. The first-order valence-corrected chi connectivity index (χ1v) is 7.69. The molecule has 1 aromatic rings. The molecule has 116 valence electrons. The van der Waals surface area contributed by atoms with Crippen molar-refractivity contribution in [3.63, 3.8) is 0 Å². The molecule has 2 N–H and O–H groups in total. The summed E-state index contributed by atoms with van der Waals surface area (Å²) in [7, 11) is 6.15. The summed E-state index contributed by atoms with van der Waals surface area (Å²) in [4.78, 5) is 16.5. The maximum atomic E-state index is 12.3. The average Bonchev–Trinajstić information content (AvgIpc) is 2.39. The van der Waals surface area contributed by atoms with Crippen LogP contribution < -0.4 is 5.73 Å². The molecule has 1 amide bonds. The van der Waals surface area contributed by atoms with E-state index < -0.39 is 0 Å². The molecule has 4 heteroatoms. The third kappa shape index (κ3) is 3.76. The fourth-order valence-electron chi connectivity index (χ4n) is 3.05. The maximum absolute atomic E-state index is 12.3. The number of nitrogens with two attached hydrogens (primary N) is 1. The summed E-state index contributed by atoms with van der Waals surface area (Å²) in [5.74, 6) is 0.213. The Morgan fingerprint density at radius 2 is 2.00 bits per heavy atom. The minimum atomic E-state index is 0.196. The highest BCUT2D eigenvalue weighted by molar-refractivity contribution is 5.76. The highest BCUT2D eigenvalue weighted by Crippen LogP contribution is 2.36. The van der Waals surface area contributed by atoms with Gasteiger partial charge in [-0.05, 0) is 57.5 Å². The van der Waals surface area contributed by atoms with E-state index in [9.17, 15) is 4.79 Å². The molecule has 0 aliphatic heterocycles. The van der Waals surface area contributed by atoms with Gasteiger partial charge in [-0.1, -0.05) is 12.1 Å². The smallest absolute Gasteiger partial charge is 0.222 e. The van der Waals surface area contributed by atoms with Crippen molar-refractivity contribution in [2.75, 3.05) is 33.4 Å². The van der Waals surface area contributed by atoms with Gasteiger partial charge >= 0.3 is 0 Å². The van der Waals surface area contributed by atoms with E-state index >= 15 is 0 Å². The number of hydrogen-bond donors (Lipinski definition) is 1. The lowest BCUT2D eigenvalue weighted by atomic mass is 9.75. The third-order valence-corrected chi connectivity index (χ3v) is 4.77. The number of benzene rings is 1. The molecule has 0 saturated heterocycles. The van der Waals surface area contributed by atoms with Gasteiger partial charge in [-0.15, -0.1) is 0 Å². The summed E-state index contributed by atoms with van der Waals surface area (Å²) in [6, 6.07) is 7.78. The van der Waals surface area contributed by atoms with Crippen molar-refractivity contribution in [3.05, 3.63) is 29.8 Å². The Labute approximate surface area is 127 Å². The van der Waals surface area contributed by atoms with Crippen LogP contribution in [0.2, 0.25) is 0 Å². The van der Waals surface area contributed by atoms with E-state index in [0.29, 0.717) is 6.42 Å². The monoisotopic (exact) mass is 289 g/mol. The van der Waals surface area contributed by atoms with Gasteiger partial charge in [-0.25, -0.2) is 0 Å². The molecule has 0 radical (unpaired) electrons. The molecule has 1 aromatic carbocycles. The molecule has 0 bridgehead atoms. The van der Waals surface area contributed by atoms with Gasteiger partial charge in [-0.2, -0.15) is 0 Å². The molecule has 0 unspecified atom stereocenters. The zero-order valence-electron chi connectivity index (χ0n) is 13.4. The van der Waals surface area contributed by atoms with Gasteiger partial charge in [0.1, 0.15) is 0 Å². The normalized spacial score (nSPS) is 16.6. The largest absolute Gasteiger partial charge is 0.399 e. The second kappa shape index (κ2) is 6.48. The van der Waals surface area contributed by atoms with Crippen molar-refractivity contribution in [1.82, 2.24) is 9.80 Å². The van der Waals surface area contributed by atoms with Crippen LogP contribution in [0.25, 0.3) is 0 Å². The number of hydrogen-bond acceptors (Lipinski definition) is 3. The third-order valence-electron chi connectivity index (χ3n) is 4.77. The number of amides is 1. The van der Waals surface area contributed by atoms with Crippen LogP contribution in [0, 0.1) is 0 Å². The average molecular weight is 289 g/mol. The first kappa shape index (κ1) is 15.8. The van der Waals surface area contributed by atoms with Gasteiger partial charge in [0.15, 0.2) is 0 Å². The Balaban J connectivity index is 1.85. The molecule has 21 heavy (non-hydrogen) atoms. The van der Waals surface area contributed by atoms with E-state index in [1.165, 1.54) is 19.3 Å². The van der Waals surface area contributed by atoms with Crippen molar-refractivity contribution in [3.8, 4) is 0 Å². The molecule has 0 heterocycles.